The Morgan fingerprint density at radius 1 is 1.06 bits per heavy atom. The van der Waals surface area contributed by atoms with Gasteiger partial charge < -0.3 is 14.5 Å². The van der Waals surface area contributed by atoms with Crippen molar-refractivity contribution in [3.8, 4) is 5.75 Å². The predicted molar refractivity (Wildman–Crippen MR) is 107 cm³/mol. The van der Waals surface area contributed by atoms with Crippen molar-refractivity contribution < 1.29 is 27.5 Å². The number of rotatable bonds is 3. The van der Waals surface area contributed by atoms with Gasteiger partial charge in [0.1, 0.15) is 18.1 Å². The average molecular weight is 434 g/mol. The Bertz CT molecular complexity index is 965. The lowest BCUT2D eigenvalue weighted by atomic mass is 10.2. The molecule has 0 spiro atoms. The van der Waals surface area contributed by atoms with Crippen LogP contribution in [0.25, 0.3) is 0 Å². The number of carbonyl (C=O) groups excluding carboxylic acids is 2. The molecule has 4 rings (SSSR count). The zero-order chi connectivity index (χ0) is 22.0. The third-order valence-corrected chi connectivity index (χ3v) is 5.35. The number of pyridine rings is 1. The van der Waals surface area contributed by atoms with Gasteiger partial charge in [0, 0.05) is 32.4 Å². The summed E-state index contributed by atoms with van der Waals surface area (Å²) in [5.74, 6) is 0.537. The molecular formula is C21H21F3N4O3. The number of para-hydroxylation sites is 2. The third kappa shape index (κ3) is 4.57. The lowest BCUT2D eigenvalue weighted by Gasteiger charge is -2.31. The van der Waals surface area contributed by atoms with Crippen LogP contribution in [0.5, 0.6) is 5.75 Å². The van der Waals surface area contributed by atoms with Gasteiger partial charge in [-0.25, -0.2) is 4.98 Å². The molecule has 2 aromatic rings. The van der Waals surface area contributed by atoms with Gasteiger partial charge >= 0.3 is 6.18 Å². The summed E-state index contributed by atoms with van der Waals surface area (Å²) in [4.78, 5) is 34.1. The van der Waals surface area contributed by atoms with Crippen molar-refractivity contribution in [2.24, 2.45) is 0 Å². The highest BCUT2D eigenvalue weighted by Gasteiger charge is 2.32. The molecule has 2 aliphatic heterocycles. The molecule has 164 valence electrons. The van der Waals surface area contributed by atoms with Gasteiger partial charge in [-0.15, -0.1) is 0 Å². The molecule has 2 amide bonds. The molecule has 10 heteroatoms. The second-order valence-electron chi connectivity index (χ2n) is 7.36. The van der Waals surface area contributed by atoms with Crippen LogP contribution in [-0.2, 0) is 15.8 Å². The summed E-state index contributed by atoms with van der Waals surface area (Å²) in [5, 5.41) is 0. The summed E-state index contributed by atoms with van der Waals surface area (Å²) in [6.07, 6.45) is -2.96. The maximum absolute atomic E-state index is 12.9. The highest BCUT2D eigenvalue weighted by atomic mass is 19.4. The quantitative estimate of drug-likeness (QED) is 0.743. The summed E-state index contributed by atoms with van der Waals surface area (Å²) in [6, 6.07) is 9.42. The number of benzene rings is 1. The second-order valence-corrected chi connectivity index (χ2v) is 7.36. The molecule has 3 heterocycles. The zero-order valence-electron chi connectivity index (χ0n) is 16.6. The van der Waals surface area contributed by atoms with E-state index in [2.05, 4.69) is 4.98 Å². The van der Waals surface area contributed by atoms with Crippen LogP contribution in [-0.4, -0.2) is 61.0 Å². The molecule has 0 aliphatic carbocycles. The van der Waals surface area contributed by atoms with E-state index < -0.39 is 11.7 Å². The molecule has 0 saturated carbocycles. The average Bonchev–Trinajstić information content (AvgIpc) is 3.02. The number of ether oxygens (including phenoxy) is 1. The molecule has 0 N–H and O–H groups in total. The van der Waals surface area contributed by atoms with Crippen molar-refractivity contribution in [3.63, 3.8) is 0 Å². The van der Waals surface area contributed by atoms with Gasteiger partial charge in [0.2, 0.25) is 5.91 Å². The van der Waals surface area contributed by atoms with Crippen LogP contribution in [0.3, 0.4) is 0 Å². The molecule has 0 atom stereocenters. The molecule has 7 nitrogen and oxygen atoms in total. The normalized spacial score (nSPS) is 17.1. The summed E-state index contributed by atoms with van der Waals surface area (Å²) >= 11 is 0. The first-order valence-corrected chi connectivity index (χ1v) is 9.91. The van der Waals surface area contributed by atoms with Gasteiger partial charge in [-0.1, -0.05) is 12.1 Å². The van der Waals surface area contributed by atoms with Gasteiger partial charge in [0.25, 0.3) is 5.91 Å². The maximum atomic E-state index is 12.9. The standard InChI is InChI=1S/C21H21F3N4O3/c22-21(23,24)15-6-7-18(25-12-15)26-8-3-9-27(11-10-26)19(29)13-28-16-4-1-2-5-17(16)31-14-20(28)30/h1-2,4-7,12H,3,8-11,13-14H2. The number of alkyl halides is 3. The molecule has 0 unspecified atom stereocenters. The first-order chi connectivity index (χ1) is 14.8. The Morgan fingerprint density at radius 3 is 2.61 bits per heavy atom. The number of halogens is 3. The number of hydrogen-bond acceptors (Lipinski definition) is 5. The van der Waals surface area contributed by atoms with Crippen molar-refractivity contribution in [1.82, 2.24) is 9.88 Å². The van der Waals surface area contributed by atoms with E-state index >= 15 is 0 Å². The number of hydrogen-bond donors (Lipinski definition) is 0. The topological polar surface area (TPSA) is 66.0 Å². The lowest BCUT2D eigenvalue weighted by molar-refractivity contribution is -0.137. The number of amides is 2. The first-order valence-electron chi connectivity index (χ1n) is 9.91. The van der Waals surface area contributed by atoms with E-state index in [1.165, 1.54) is 11.0 Å². The molecule has 1 aromatic carbocycles. The van der Waals surface area contributed by atoms with E-state index in [0.29, 0.717) is 49.9 Å². The lowest BCUT2D eigenvalue weighted by Crippen LogP contribution is -2.47. The minimum absolute atomic E-state index is 0.0856. The highest BCUT2D eigenvalue weighted by Crippen LogP contribution is 2.32. The van der Waals surface area contributed by atoms with Crippen LogP contribution in [0, 0.1) is 0 Å². The van der Waals surface area contributed by atoms with E-state index in [0.717, 1.165) is 12.3 Å². The largest absolute Gasteiger partial charge is 0.482 e. The minimum Gasteiger partial charge on any atom is -0.482 e. The van der Waals surface area contributed by atoms with E-state index in [9.17, 15) is 22.8 Å². The molecule has 0 radical (unpaired) electrons. The SMILES string of the molecule is O=C(CN1C(=O)COc2ccccc21)N1CCCN(c2ccc(C(F)(F)F)cn2)CC1. The van der Waals surface area contributed by atoms with Crippen LogP contribution >= 0.6 is 0 Å². The van der Waals surface area contributed by atoms with Gasteiger partial charge in [0.15, 0.2) is 6.61 Å². The summed E-state index contributed by atoms with van der Waals surface area (Å²) in [7, 11) is 0. The van der Waals surface area contributed by atoms with Crippen LogP contribution in [0.15, 0.2) is 42.6 Å². The van der Waals surface area contributed by atoms with Gasteiger partial charge in [0.05, 0.1) is 11.3 Å². The fraction of sp³-hybridized carbons (Fsp3) is 0.381. The Hall–Kier alpha value is -3.30. The number of fused-ring (bicyclic) bond motifs is 1. The molecule has 1 saturated heterocycles. The van der Waals surface area contributed by atoms with Crippen LogP contribution in [0.1, 0.15) is 12.0 Å². The molecule has 1 fully saturated rings. The van der Waals surface area contributed by atoms with E-state index in [1.807, 2.05) is 4.90 Å². The van der Waals surface area contributed by atoms with Crippen LogP contribution in [0.2, 0.25) is 0 Å². The summed E-state index contributed by atoms with van der Waals surface area (Å²) in [6.45, 7) is 1.70. The Morgan fingerprint density at radius 2 is 1.87 bits per heavy atom. The fourth-order valence-electron chi connectivity index (χ4n) is 3.70. The number of carbonyl (C=O) groups is 2. The first kappa shape index (κ1) is 21.0. The van der Waals surface area contributed by atoms with Gasteiger partial charge in [-0.3, -0.25) is 14.5 Å². The maximum Gasteiger partial charge on any atom is 0.417 e. The van der Waals surface area contributed by atoms with Crippen molar-refractivity contribution >= 4 is 23.3 Å². The van der Waals surface area contributed by atoms with E-state index in [-0.39, 0.29) is 25.0 Å². The van der Waals surface area contributed by atoms with Gasteiger partial charge in [-0.2, -0.15) is 13.2 Å². The minimum atomic E-state index is -4.43. The molecule has 0 bridgehead atoms. The van der Waals surface area contributed by atoms with Crippen molar-refractivity contribution in [2.75, 3.05) is 49.1 Å². The van der Waals surface area contributed by atoms with Crippen molar-refractivity contribution in [3.05, 3.63) is 48.2 Å². The smallest absolute Gasteiger partial charge is 0.417 e. The van der Waals surface area contributed by atoms with Crippen LogP contribution in [0.4, 0.5) is 24.7 Å². The fourth-order valence-corrected chi connectivity index (χ4v) is 3.70. The summed E-state index contributed by atoms with van der Waals surface area (Å²) in [5.41, 5.74) is -0.226. The molecule has 31 heavy (non-hydrogen) atoms. The number of anilines is 2. The molecular weight excluding hydrogens is 413 g/mol. The van der Waals surface area contributed by atoms with E-state index in [1.54, 1.807) is 29.2 Å². The Kier molecular flexibility index (Phi) is 5.71. The molecule has 2 aliphatic rings. The van der Waals surface area contributed by atoms with Crippen LogP contribution < -0.4 is 14.5 Å². The third-order valence-electron chi connectivity index (χ3n) is 5.35. The van der Waals surface area contributed by atoms with Gasteiger partial charge in [-0.05, 0) is 30.7 Å². The predicted octanol–water partition coefficient (Wildman–Crippen LogP) is 2.56. The highest BCUT2D eigenvalue weighted by molar-refractivity contribution is 6.02. The zero-order valence-corrected chi connectivity index (χ0v) is 16.6. The van der Waals surface area contributed by atoms with Crippen molar-refractivity contribution in [1.29, 1.82) is 0 Å². The van der Waals surface area contributed by atoms with Crippen molar-refractivity contribution in [2.45, 2.75) is 12.6 Å². The Balaban J connectivity index is 1.40. The number of aromatic nitrogens is 1. The number of nitrogens with zero attached hydrogens (tertiary/aromatic N) is 4. The Labute approximate surface area is 177 Å². The second kappa shape index (κ2) is 8.44. The monoisotopic (exact) mass is 434 g/mol. The summed E-state index contributed by atoms with van der Waals surface area (Å²) < 4.78 is 43.6. The van der Waals surface area contributed by atoms with E-state index in [4.69, 9.17) is 4.74 Å². The molecule has 1 aromatic heterocycles.